The molecule has 0 atom stereocenters. The maximum atomic E-state index is 12.7. The summed E-state index contributed by atoms with van der Waals surface area (Å²) < 4.78 is 53.5. The van der Waals surface area contributed by atoms with Gasteiger partial charge in [-0.15, -0.1) is 0 Å². The standard InChI is InChI=1S/C21H17F3N2O5/c1-13-9-18(31-26-13)11-30-20(28)14-5-7-17(8-6-14)29-12-19(27)25-16-4-2-3-15(10-16)21(22,23)24/h2-10H,11-12H2,1H3,(H,25,27). The molecule has 0 aliphatic heterocycles. The summed E-state index contributed by atoms with van der Waals surface area (Å²) in [5.74, 6) is -0.507. The third-order valence-electron chi connectivity index (χ3n) is 3.96. The number of anilines is 1. The number of rotatable bonds is 7. The first-order chi connectivity index (χ1) is 14.7. The van der Waals surface area contributed by atoms with Crippen LogP contribution >= 0.6 is 0 Å². The molecule has 0 fully saturated rings. The lowest BCUT2D eigenvalue weighted by Crippen LogP contribution is -2.20. The third-order valence-corrected chi connectivity index (χ3v) is 3.96. The molecule has 31 heavy (non-hydrogen) atoms. The van der Waals surface area contributed by atoms with Crippen LogP contribution in [0, 0.1) is 6.92 Å². The fourth-order valence-corrected chi connectivity index (χ4v) is 2.51. The van der Waals surface area contributed by atoms with Crippen molar-refractivity contribution in [2.24, 2.45) is 0 Å². The van der Waals surface area contributed by atoms with E-state index < -0.39 is 30.2 Å². The maximum absolute atomic E-state index is 12.7. The van der Waals surface area contributed by atoms with E-state index in [4.69, 9.17) is 14.0 Å². The molecule has 0 saturated heterocycles. The summed E-state index contributed by atoms with van der Waals surface area (Å²) in [7, 11) is 0. The van der Waals surface area contributed by atoms with Crippen LogP contribution in [0.15, 0.2) is 59.1 Å². The average Bonchev–Trinajstić information content (AvgIpc) is 3.15. The van der Waals surface area contributed by atoms with Crippen molar-refractivity contribution in [3.05, 3.63) is 77.2 Å². The number of alkyl halides is 3. The summed E-state index contributed by atoms with van der Waals surface area (Å²) >= 11 is 0. The number of esters is 1. The topological polar surface area (TPSA) is 90.7 Å². The van der Waals surface area contributed by atoms with E-state index in [2.05, 4.69) is 10.5 Å². The van der Waals surface area contributed by atoms with Crippen molar-refractivity contribution < 1.29 is 36.8 Å². The molecule has 3 rings (SSSR count). The van der Waals surface area contributed by atoms with Crippen molar-refractivity contribution in [3.63, 3.8) is 0 Å². The molecule has 0 unspecified atom stereocenters. The number of nitrogens with one attached hydrogen (secondary N) is 1. The molecular weight excluding hydrogens is 417 g/mol. The fraction of sp³-hybridized carbons (Fsp3) is 0.190. The molecule has 1 N–H and O–H groups in total. The van der Waals surface area contributed by atoms with Gasteiger partial charge >= 0.3 is 12.1 Å². The summed E-state index contributed by atoms with van der Waals surface area (Å²) in [5.41, 5.74) is 0.0669. The average molecular weight is 434 g/mol. The quantitative estimate of drug-likeness (QED) is 0.555. The molecule has 162 valence electrons. The number of carbonyl (C=O) groups excluding carboxylic acids is 2. The maximum Gasteiger partial charge on any atom is 0.416 e. The van der Waals surface area contributed by atoms with Gasteiger partial charge in [-0.25, -0.2) is 4.79 Å². The van der Waals surface area contributed by atoms with E-state index >= 15 is 0 Å². The fourth-order valence-electron chi connectivity index (χ4n) is 2.51. The lowest BCUT2D eigenvalue weighted by Gasteiger charge is -2.10. The van der Waals surface area contributed by atoms with Crippen molar-refractivity contribution in [3.8, 4) is 5.75 Å². The highest BCUT2D eigenvalue weighted by Crippen LogP contribution is 2.30. The first-order valence-corrected chi connectivity index (χ1v) is 9.00. The Morgan fingerprint density at radius 3 is 2.48 bits per heavy atom. The molecular formula is C21H17F3N2O5. The highest BCUT2D eigenvalue weighted by molar-refractivity contribution is 5.92. The molecule has 0 spiro atoms. The molecule has 1 amide bonds. The molecule has 3 aromatic rings. The van der Waals surface area contributed by atoms with Crippen LogP contribution < -0.4 is 10.1 Å². The predicted octanol–water partition coefficient (Wildman–Crippen LogP) is 4.38. The van der Waals surface area contributed by atoms with Crippen LogP contribution in [0.5, 0.6) is 5.75 Å². The van der Waals surface area contributed by atoms with E-state index in [9.17, 15) is 22.8 Å². The van der Waals surface area contributed by atoms with Gasteiger partial charge in [-0.2, -0.15) is 13.2 Å². The van der Waals surface area contributed by atoms with Gasteiger partial charge in [0.2, 0.25) is 0 Å². The number of hydrogen-bond acceptors (Lipinski definition) is 6. The van der Waals surface area contributed by atoms with Crippen LogP contribution in [0.25, 0.3) is 0 Å². The number of aromatic nitrogens is 1. The number of benzene rings is 2. The van der Waals surface area contributed by atoms with E-state index in [0.717, 1.165) is 12.1 Å². The Morgan fingerprint density at radius 2 is 1.84 bits per heavy atom. The number of hydrogen-bond donors (Lipinski definition) is 1. The van der Waals surface area contributed by atoms with Crippen molar-refractivity contribution in [1.82, 2.24) is 5.16 Å². The first kappa shape index (κ1) is 21.9. The molecule has 0 aliphatic carbocycles. The van der Waals surface area contributed by atoms with Gasteiger partial charge in [-0.1, -0.05) is 11.2 Å². The zero-order valence-corrected chi connectivity index (χ0v) is 16.2. The smallest absolute Gasteiger partial charge is 0.416 e. The summed E-state index contributed by atoms with van der Waals surface area (Å²) in [6, 6.07) is 11.8. The largest absolute Gasteiger partial charge is 0.484 e. The van der Waals surface area contributed by atoms with Crippen LogP contribution in [0.4, 0.5) is 18.9 Å². The Morgan fingerprint density at radius 1 is 1.10 bits per heavy atom. The molecule has 0 saturated carbocycles. The minimum absolute atomic E-state index is 0.00321. The SMILES string of the molecule is Cc1cc(COC(=O)c2ccc(OCC(=O)Nc3cccc(C(F)(F)F)c3)cc2)on1. The number of ether oxygens (including phenoxy) is 2. The number of halogens is 3. The van der Waals surface area contributed by atoms with Gasteiger partial charge < -0.3 is 19.3 Å². The molecule has 7 nitrogen and oxygen atoms in total. The zero-order valence-electron chi connectivity index (χ0n) is 16.2. The number of nitrogens with zero attached hydrogens (tertiary/aromatic N) is 1. The Labute approximate surface area is 174 Å². The second-order valence-corrected chi connectivity index (χ2v) is 6.45. The van der Waals surface area contributed by atoms with Gasteiger partial charge in [0.1, 0.15) is 5.75 Å². The highest BCUT2D eigenvalue weighted by Gasteiger charge is 2.30. The van der Waals surface area contributed by atoms with Crippen molar-refractivity contribution in [2.75, 3.05) is 11.9 Å². The molecule has 1 aromatic heterocycles. The van der Waals surface area contributed by atoms with E-state index in [1.54, 1.807) is 13.0 Å². The van der Waals surface area contributed by atoms with Gasteiger partial charge in [0.25, 0.3) is 5.91 Å². The monoisotopic (exact) mass is 434 g/mol. The minimum atomic E-state index is -4.51. The molecule has 1 heterocycles. The van der Waals surface area contributed by atoms with Crippen LogP contribution in [0.1, 0.15) is 27.4 Å². The van der Waals surface area contributed by atoms with Gasteiger partial charge in [-0.3, -0.25) is 4.79 Å². The second kappa shape index (κ2) is 9.33. The lowest BCUT2D eigenvalue weighted by atomic mass is 10.2. The normalized spacial score (nSPS) is 11.1. The molecule has 0 radical (unpaired) electrons. The Kier molecular flexibility index (Phi) is 6.58. The van der Waals surface area contributed by atoms with Crippen LogP contribution in [0.2, 0.25) is 0 Å². The molecule has 0 bridgehead atoms. The van der Waals surface area contributed by atoms with Crippen molar-refractivity contribution in [1.29, 1.82) is 0 Å². The Hall–Kier alpha value is -3.82. The number of amides is 1. The number of aryl methyl sites for hydroxylation is 1. The van der Waals surface area contributed by atoms with E-state index in [1.165, 1.54) is 36.4 Å². The van der Waals surface area contributed by atoms with Crippen LogP contribution in [-0.4, -0.2) is 23.6 Å². The van der Waals surface area contributed by atoms with Crippen molar-refractivity contribution >= 4 is 17.6 Å². The van der Waals surface area contributed by atoms with Crippen LogP contribution in [-0.2, 0) is 22.3 Å². The minimum Gasteiger partial charge on any atom is -0.484 e. The molecule has 0 aliphatic rings. The summed E-state index contributed by atoms with van der Waals surface area (Å²) in [6.45, 7) is 1.26. The summed E-state index contributed by atoms with van der Waals surface area (Å²) in [6.07, 6.45) is -4.51. The zero-order chi connectivity index (χ0) is 22.4. The highest BCUT2D eigenvalue weighted by atomic mass is 19.4. The van der Waals surface area contributed by atoms with E-state index in [0.29, 0.717) is 17.2 Å². The van der Waals surface area contributed by atoms with Gasteiger partial charge in [-0.05, 0) is 49.4 Å². The van der Waals surface area contributed by atoms with Gasteiger partial charge in [0, 0.05) is 11.8 Å². The Balaban J connectivity index is 1.48. The predicted molar refractivity (Wildman–Crippen MR) is 102 cm³/mol. The van der Waals surface area contributed by atoms with E-state index in [1.807, 2.05) is 0 Å². The second-order valence-electron chi connectivity index (χ2n) is 6.45. The Bertz CT molecular complexity index is 1060. The third kappa shape index (κ3) is 6.33. The summed E-state index contributed by atoms with van der Waals surface area (Å²) in [5, 5.41) is 6.03. The van der Waals surface area contributed by atoms with Gasteiger partial charge in [0.05, 0.1) is 16.8 Å². The van der Waals surface area contributed by atoms with Gasteiger partial charge in [0.15, 0.2) is 19.0 Å². The lowest BCUT2D eigenvalue weighted by molar-refractivity contribution is -0.137. The van der Waals surface area contributed by atoms with Crippen molar-refractivity contribution in [2.45, 2.75) is 19.7 Å². The number of carbonyl (C=O) groups is 2. The van der Waals surface area contributed by atoms with E-state index in [-0.39, 0.29) is 17.9 Å². The van der Waals surface area contributed by atoms with Crippen LogP contribution in [0.3, 0.4) is 0 Å². The summed E-state index contributed by atoms with van der Waals surface area (Å²) in [4.78, 5) is 24.0. The first-order valence-electron chi connectivity index (χ1n) is 9.00. The molecule has 10 heteroatoms. The molecule has 2 aromatic carbocycles.